The molecule has 200 valence electrons. The van der Waals surface area contributed by atoms with Crippen LogP contribution in [0.3, 0.4) is 0 Å². The lowest BCUT2D eigenvalue weighted by molar-refractivity contribution is 0.0435. The third-order valence-corrected chi connectivity index (χ3v) is 7.85. The van der Waals surface area contributed by atoms with Crippen molar-refractivity contribution in [3.8, 4) is 28.7 Å². The van der Waals surface area contributed by atoms with Crippen LogP contribution in [0.1, 0.15) is 56.4 Å². The summed E-state index contributed by atoms with van der Waals surface area (Å²) in [6.45, 7) is 3.70. The van der Waals surface area contributed by atoms with Gasteiger partial charge in [-0.05, 0) is 61.6 Å². The molecule has 9 nitrogen and oxygen atoms in total. The minimum absolute atomic E-state index is 0.00830. The molecule has 10 heteroatoms. The summed E-state index contributed by atoms with van der Waals surface area (Å²) in [6, 6.07) is 7.05. The van der Waals surface area contributed by atoms with Gasteiger partial charge >= 0.3 is 0 Å². The fourth-order valence-corrected chi connectivity index (χ4v) is 5.91. The predicted octanol–water partition coefficient (Wildman–Crippen LogP) is 4.26. The molecule has 0 amide bonds. The number of aliphatic hydroxyl groups is 1. The second-order valence-electron chi connectivity index (χ2n) is 8.68. The van der Waals surface area contributed by atoms with Gasteiger partial charge in [-0.2, -0.15) is 0 Å². The van der Waals surface area contributed by atoms with E-state index in [9.17, 15) is 13.5 Å². The molecule has 1 aliphatic rings. The zero-order chi connectivity index (χ0) is 26.5. The van der Waals surface area contributed by atoms with E-state index in [0.717, 1.165) is 5.56 Å². The van der Waals surface area contributed by atoms with Crippen LogP contribution >= 0.6 is 0 Å². The van der Waals surface area contributed by atoms with Gasteiger partial charge in [-0.1, -0.05) is 6.92 Å². The normalized spacial score (nSPS) is 18.5. The van der Waals surface area contributed by atoms with Crippen molar-refractivity contribution in [3.05, 3.63) is 35.4 Å². The maximum Gasteiger partial charge on any atom is 0.203 e. The van der Waals surface area contributed by atoms with Crippen LogP contribution in [0.25, 0.3) is 0 Å². The first-order chi connectivity index (χ1) is 17.2. The maximum absolute atomic E-state index is 13.2. The molecule has 2 aromatic carbocycles. The number of sulfone groups is 1. The third kappa shape index (κ3) is 5.99. The number of aliphatic hydroxyl groups excluding tert-OH is 1. The van der Waals surface area contributed by atoms with Crippen molar-refractivity contribution in [1.82, 2.24) is 0 Å². The summed E-state index contributed by atoms with van der Waals surface area (Å²) < 4.78 is 60.4. The Hall–Kier alpha value is -2.69. The molecule has 1 unspecified atom stereocenters. The molecular weight excluding hydrogens is 488 g/mol. The highest BCUT2D eigenvalue weighted by Gasteiger charge is 2.33. The summed E-state index contributed by atoms with van der Waals surface area (Å²) in [5.74, 6) is 1.60. The highest BCUT2D eigenvalue weighted by Crippen LogP contribution is 2.48. The van der Waals surface area contributed by atoms with Crippen molar-refractivity contribution in [2.75, 3.05) is 40.8 Å². The van der Waals surface area contributed by atoms with E-state index in [1.54, 1.807) is 33.5 Å². The highest BCUT2D eigenvalue weighted by molar-refractivity contribution is 7.91. The van der Waals surface area contributed by atoms with Gasteiger partial charge in [0.25, 0.3) is 0 Å². The fraction of sp³-hybridized carbons (Fsp3) is 0.538. The molecule has 3 rings (SSSR count). The molecule has 0 aromatic heterocycles. The van der Waals surface area contributed by atoms with Gasteiger partial charge in [0.15, 0.2) is 32.8 Å². The van der Waals surface area contributed by atoms with E-state index in [1.165, 1.54) is 14.0 Å². The molecule has 3 atom stereocenters. The molecular formula is C26H36O9S. The van der Waals surface area contributed by atoms with E-state index in [4.69, 9.17) is 28.4 Å². The molecule has 2 aromatic rings. The van der Waals surface area contributed by atoms with Crippen molar-refractivity contribution < 1.29 is 41.9 Å². The van der Waals surface area contributed by atoms with Crippen molar-refractivity contribution in [2.24, 2.45) is 0 Å². The minimum Gasteiger partial charge on any atom is -0.493 e. The van der Waals surface area contributed by atoms with Gasteiger partial charge in [-0.3, -0.25) is 0 Å². The summed E-state index contributed by atoms with van der Waals surface area (Å²) in [5, 5.41) is 9.80. The zero-order valence-electron chi connectivity index (χ0n) is 21.7. The van der Waals surface area contributed by atoms with Gasteiger partial charge in [-0.15, -0.1) is 0 Å². The highest BCUT2D eigenvalue weighted by atomic mass is 32.2. The van der Waals surface area contributed by atoms with E-state index < -0.39 is 21.7 Å². The number of rotatable bonds is 12. The Bertz CT molecular complexity index is 1120. The van der Waals surface area contributed by atoms with Gasteiger partial charge in [0, 0.05) is 0 Å². The summed E-state index contributed by atoms with van der Waals surface area (Å²) in [7, 11) is 2.28. The lowest BCUT2D eigenvalue weighted by atomic mass is 10.0. The van der Waals surface area contributed by atoms with Crippen LogP contribution in [-0.2, 0) is 14.6 Å². The van der Waals surface area contributed by atoms with Crippen LogP contribution in [0.5, 0.6) is 28.7 Å². The van der Waals surface area contributed by atoms with Gasteiger partial charge in [0.1, 0.15) is 4.90 Å². The lowest BCUT2D eigenvalue weighted by Crippen LogP contribution is -2.19. The molecule has 1 aliphatic heterocycles. The molecule has 36 heavy (non-hydrogen) atoms. The monoisotopic (exact) mass is 524 g/mol. The molecule has 0 bridgehead atoms. The Labute approximate surface area is 213 Å². The molecule has 1 N–H and O–H groups in total. The summed E-state index contributed by atoms with van der Waals surface area (Å²) in [4.78, 5) is -0.00830. The number of hydrogen-bond acceptors (Lipinski definition) is 9. The topological polar surface area (TPSA) is 110 Å². The van der Waals surface area contributed by atoms with Gasteiger partial charge in [0.2, 0.25) is 5.75 Å². The van der Waals surface area contributed by atoms with Crippen molar-refractivity contribution in [2.45, 2.75) is 56.3 Å². The van der Waals surface area contributed by atoms with Crippen molar-refractivity contribution in [1.29, 1.82) is 0 Å². The average Bonchev–Trinajstić information content (AvgIpc) is 3.35. The summed E-state index contributed by atoms with van der Waals surface area (Å²) in [6.07, 6.45) is 0.399. The Morgan fingerprint density at radius 3 is 1.83 bits per heavy atom. The first-order valence-electron chi connectivity index (χ1n) is 11.9. The average molecular weight is 525 g/mol. The molecule has 0 radical (unpaired) electrons. The van der Waals surface area contributed by atoms with E-state index in [2.05, 4.69) is 0 Å². The van der Waals surface area contributed by atoms with Crippen LogP contribution in [0.2, 0.25) is 0 Å². The van der Waals surface area contributed by atoms with Crippen LogP contribution in [-0.4, -0.2) is 60.4 Å². The first-order valence-corrected chi connectivity index (χ1v) is 13.5. The standard InChI is InChI=1S/C26H36O9S/c1-7-10-34-26-23(32-5)13-18(14-24(26)36(28,29)15-16(2)27)20-9-8-19(35-20)17-11-21(30-3)25(33-6)22(12-17)31-4/h11-14,16,19-20,27H,7-10,15H2,1-6H3/t16?,19-,20-/m0/s1. The minimum atomic E-state index is -3.85. The predicted molar refractivity (Wildman–Crippen MR) is 134 cm³/mol. The molecule has 0 saturated carbocycles. The first kappa shape index (κ1) is 27.9. The number of ether oxygens (including phenoxy) is 6. The van der Waals surface area contributed by atoms with Gasteiger partial charge in [0.05, 0.1) is 59.1 Å². The molecule has 0 spiro atoms. The van der Waals surface area contributed by atoms with Crippen molar-refractivity contribution in [3.63, 3.8) is 0 Å². The fourth-order valence-electron chi connectivity index (χ4n) is 4.33. The van der Waals surface area contributed by atoms with Crippen molar-refractivity contribution >= 4 is 9.84 Å². The van der Waals surface area contributed by atoms with Crippen LogP contribution in [0.4, 0.5) is 0 Å². The van der Waals surface area contributed by atoms with Gasteiger partial charge < -0.3 is 33.5 Å². The number of methoxy groups -OCH3 is 4. The Kier molecular flexibility index (Phi) is 9.32. The maximum atomic E-state index is 13.2. The van der Waals surface area contributed by atoms with Gasteiger partial charge in [-0.25, -0.2) is 8.42 Å². The second-order valence-corrected chi connectivity index (χ2v) is 10.7. The van der Waals surface area contributed by atoms with Crippen LogP contribution in [0.15, 0.2) is 29.2 Å². The quantitative estimate of drug-likeness (QED) is 0.435. The number of hydrogen-bond donors (Lipinski definition) is 1. The SMILES string of the molecule is CCCOc1c(OC)cc([C@@H]2CC[C@@H](c3cc(OC)c(OC)c(OC)c3)O2)cc1S(=O)(=O)CC(C)O. The van der Waals surface area contributed by atoms with Crippen LogP contribution in [0, 0.1) is 0 Å². The second kappa shape index (κ2) is 12.0. The molecule has 0 aliphatic carbocycles. The summed E-state index contributed by atoms with van der Waals surface area (Å²) >= 11 is 0. The van der Waals surface area contributed by atoms with E-state index >= 15 is 0 Å². The molecule has 1 saturated heterocycles. The van der Waals surface area contributed by atoms with E-state index in [1.807, 2.05) is 19.1 Å². The Balaban J connectivity index is 1.99. The lowest BCUT2D eigenvalue weighted by Gasteiger charge is -2.21. The summed E-state index contributed by atoms with van der Waals surface area (Å²) in [5.41, 5.74) is 1.53. The molecule has 1 fully saturated rings. The van der Waals surface area contributed by atoms with E-state index in [0.29, 0.717) is 54.4 Å². The smallest absolute Gasteiger partial charge is 0.203 e. The molecule has 1 heterocycles. The zero-order valence-corrected chi connectivity index (χ0v) is 22.5. The largest absolute Gasteiger partial charge is 0.493 e. The Morgan fingerprint density at radius 1 is 0.889 bits per heavy atom. The van der Waals surface area contributed by atoms with Crippen LogP contribution < -0.4 is 23.7 Å². The number of benzene rings is 2. The van der Waals surface area contributed by atoms with E-state index in [-0.39, 0.29) is 22.9 Å². The Morgan fingerprint density at radius 2 is 1.39 bits per heavy atom. The third-order valence-electron chi connectivity index (χ3n) is 5.96.